The first kappa shape index (κ1) is 16.5. The van der Waals surface area contributed by atoms with Crippen molar-refractivity contribution < 1.29 is 9.59 Å². The molecule has 1 aliphatic heterocycles. The zero-order valence-electron chi connectivity index (χ0n) is 13.8. The number of nitriles is 2. The van der Waals surface area contributed by atoms with Crippen molar-refractivity contribution in [2.45, 2.75) is 69.7 Å². The average molecular weight is 326 g/mol. The van der Waals surface area contributed by atoms with Crippen LogP contribution in [0.3, 0.4) is 0 Å². The van der Waals surface area contributed by atoms with Gasteiger partial charge in [-0.2, -0.15) is 10.5 Å². The Morgan fingerprint density at radius 2 is 1.96 bits per heavy atom. The van der Waals surface area contributed by atoms with Crippen molar-refractivity contribution in [2.75, 3.05) is 0 Å². The molecule has 2 aliphatic carbocycles. The molecular formula is C18H22N4O2. The summed E-state index contributed by atoms with van der Waals surface area (Å²) in [6, 6.07) is 4.08. The summed E-state index contributed by atoms with van der Waals surface area (Å²) >= 11 is 0. The van der Waals surface area contributed by atoms with E-state index in [0.29, 0.717) is 12.8 Å². The van der Waals surface area contributed by atoms with E-state index in [0.717, 1.165) is 50.6 Å². The minimum absolute atomic E-state index is 0.267. The largest absolute Gasteiger partial charge is 0.272 e. The van der Waals surface area contributed by atoms with E-state index in [9.17, 15) is 14.9 Å². The number of amides is 2. The summed E-state index contributed by atoms with van der Waals surface area (Å²) in [6.45, 7) is 0. The van der Waals surface area contributed by atoms with Crippen LogP contribution >= 0.6 is 0 Å². The molecule has 2 fully saturated rings. The maximum Gasteiger partial charge on any atom is 0.265 e. The zero-order chi connectivity index (χ0) is 17.2. The van der Waals surface area contributed by atoms with Crippen LogP contribution in [-0.2, 0) is 9.59 Å². The Labute approximate surface area is 142 Å². The van der Waals surface area contributed by atoms with Crippen LogP contribution < -0.4 is 0 Å². The first-order chi connectivity index (χ1) is 11.7. The fourth-order valence-corrected chi connectivity index (χ4v) is 4.40. The third-order valence-corrected chi connectivity index (χ3v) is 5.47. The number of hydrogen-bond acceptors (Lipinski definition) is 4. The molecule has 2 amide bonds. The summed E-state index contributed by atoms with van der Waals surface area (Å²) in [6.07, 6.45) is 9.54. The second-order valence-corrected chi connectivity index (χ2v) is 6.86. The van der Waals surface area contributed by atoms with Crippen LogP contribution in [0.2, 0.25) is 0 Å². The Bertz CT molecular complexity index is 649. The third kappa shape index (κ3) is 2.47. The molecule has 0 aromatic rings. The van der Waals surface area contributed by atoms with Crippen molar-refractivity contribution in [1.29, 1.82) is 10.5 Å². The summed E-state index contributed by atoms with van der Waals surface area (Å²) in [4.78, 5) is 25.8. The Morgan fingerprint density at radius 3 is 2.54 bits per heavy atom. The summed E-state index contributed by atoms with van der Waals surface area (Å²) in [5.74, 6) is -1.49. The van der Waals surface area contributed by atoms with Gasteiger partial charge in [-0.25, -0.2) is 10.0 Å². The van der Waals surface area contributed by atoms with Crippen molar-refractivity contribution in [3.63, 3.8) is 0 Å². The molecule has 3 aliphatic rings. The summed E-state index contributed by atoms with van der Waals surface area (Å²) in [5, 5.41) is 21.6. The van der Waals surface area contributed by atoms with Gasteiger partial charge in [0.15, 0.2) is 5.92 Å². The number of hydrogen-bond donors (Lipinski definition) is 0. The van der Waals surface area contributed by atoms with Gasteiger partial charge in [0.1, 0.15) is 6.42 Å². The van der Waals surface area contributed by atoms with Gasteiger partial charge in [-0.1, -0.05) is 25.3 Å². The van der Waals surface area contributed by atoms with Gasteiger partial charge in [-0.3, -0.25) is 9.59 Å². The van der Waals surface area contributed by atoms with Crippen LogP contribution in [0.15, 0.2) is 11.8 Å². The smallest absolute Gasteiger partial charge is 0.265 e. The molecule has 1 atom stereocenters. The highest BCUT2D eigenvalue weighted by molar-refractivity contribution is 5.92. The molecule has 1 saturated heterocycles. The van der Waals surface area contributed by atoms with Crippen LogP contribution in [0.1, 0.15) is 64.2 Å². The molecule has 0 aromatic carbocycles. The maximum absolute atomic E-state index is 13.0. The van der Waals surface area contributed by atoms with Crippen molar-refractivity contribution >= 4 is 11.8 Å². The molecule has 0 N–H and O–H groups in total. The molecule has 126 valence electrons. The van der Waals surface area contributed by atoms with E-state index in [1.54, 1.807) is 0 Å². The molecule has 3 rings (SSSR count). The Kier molecular flexibility index (Phi) is 4.57. The van der Waals surface area contributed by atoms with Crippen molar-refractivity contribution in [2.24, 2.45) is 5.92 Å². The van der Waals surface area contributed by atoms with Gasteiger partial charge in [0.25, 0.3) is 11.8 Å². The van der Waals surface area contributed by atoms with Gasteiger partial charge in [-0.15, -0.1) is 0 Å². The topological polar surface area (TPSA) is 88.2 Å². The van der Waals surface area contributed by atoms with E-state index in [-0.39, 0.29) is 18.2 Å². The van der Waals surface area contributed by atoms with E-state index in [4.69, 9.17) is 5.26 Å². The number of rotatable bonds is 2. The predicted octanol–water partition coefficient (Wildman–Crippen LogP) is 2.79. The van der Waals surface area contributed by atoms with Gasteiger partial charge < -0.3 is 0 Å². The van der Waals surface area contributed by atoms with Crippen molar-refractivity contribution in [1.82, 2.24) is 10.0 Å². The lowest BCUT2D eigenvalue weighted by Gasteiger charge is -2.44. The zero-order valence-corrected chi connectivity index (χ0v) is 13.8. The first-order valence-electron chi connectivity index (χ1n) is 8.78. The molecular weight excluding hydrogens is 304 g/mol. The lowest BCUT2D eigenvalue weighted by atomic mass is 9.73. The van der Waals surface area contributed by atoms with E-state index < -0.39 is 11.5 Å². The predicted molar refractivity (Wildman–Crippen MR) is 85.4 cm³/mol. The van der Waals surface area contributed by atoms with E-state index >= 15 is 0 Å². The standard InChI is InChI=1S/C18H22N4O2/c19-12-9-16(23)22-18(10-5-2-6-11-18)15(13-20)17(24)21(22)14-7-3-1-4-8-14/h7,15H,1-6,8-11H2. The molecule has 0 radical (unpaired) electrons. The minimum atomic E-state index is -0.830. The number of hydrazine groups is 1. The molecule has 1 unspecified atom stereocenters. The van der Waals surface area contributed by atoms with Crippen LogP contribution in [0.25, 0.3) is 0 Å². The summed E-state index contributed by atoms with van der Waals surface area (Å²) < 4.78 is 0. The highest BCUT2D eigenvalue weighted by Gasteiger charge is 2.60. The van der Waals surface area contributed by atoms with Crippen molar-refractivity contribution in [3.05, 3.63) is 11.8 Å². The molecule has 6 heteroatoms. The second-order valence-electron chi connectivity index (χ2n) is 6.86. The second kappa shape index (κ2) is 6.65. The van der Waals surface area contributed by atoms with Gasteiger partial charge >= 0.3 is 0 Å². The minimum Gasteiger partial charge on any atom is -0.272 e. The van der Waals surface area contributed by atoms with Crippen LogP contribution in [0, 0.1) is 28.6 Å². The highest BCUT2D eigenvalue weighted by Crippen LogP contribution is 2.48. The maximum atomic E-state index is 13.0. The molecule has 0 bridgehead atoms. The number of carbonyl (C=O) groups excluding carboxylic acids is 2. The molecule has 1 spiro atoms. The lowest BCUT2D eigenvalue weighted by Crippen LogP contribution is -2.55. The van der Waals surface area contributed by atoms with Gasteiger partial charge in [0.05, 0.1) is 17.7 Å². The summed E-state index contributed by atoms with van der Waals surface area (Å²) in [7, 11) is 0. The van der Waals surface area contributed by atoms with Crippen LogP contribution in [0.4, 0.5) is 0 Å². The number of carbonyl (C=O) groups is 2. The molecule has 0 aromatic heterocycles. The average Bonchev–Trinajstić information content (AvgIpc) is 2.84. The van der Waals surface area contributed by atoms with E-state index in [1.807, 2.05) is 12.1 Å². The van der Waals surface area contributed by atoms with Gasteiger partial charge in [0, 0.05) is 5.70 Å². The fourth-order valence-electron chi connectivity index (χ4n) is 4.40. The van der Waals surface area contributed by atoms with Gasteiger partial charge in [-0.05, 0) is 38.5 Å². The number of allylic oxidation sites excluding steroid dienone is 2. The normalized spacial score (nSPS) is 26.0. The first-order valence-corrected chi connectivity index (χ1v) is 8.78. The quantitative estimate of drug-likeness (QED) is 0.780. The number of nitrogens with zero attached hydrogens (tertiary/aromatic N) is 4. The van der Waals surface area contributed by atoms with Crippen LogP contribution in [-0.4, -0.2) is 27.4 Å². The lowest BCUT2D eigenvalue weighted by molar-refractivity contribution is -0.159. The van der Waals surface area contributed by atoms with Crippen molar-refractivity contribution in [3.8, 4) is 12.1 Å². The van der Waals surface area contributed by atoms with Gasteiger partial charge in [0.2, 0.25) is 0 Å². The SMILES string of the molecule is N#CCC(=O)N1N(C2=CCCCC2)C(=O)C(C#N)C12CCCCC2. The molecule has 1 saturated carbocycles. The highest BCUT2D eigenvalue weighted by atomic mass is 16.2. The molecule has 6 nitrogen and oxygen atoms in total. The summed E-state index contributed by atoms with van der Waals surface area (Å²) in [5.41, 5.74) is 0.0521. The Balaban J connectivity index is 2.08. The van der Waals surface area contributed by atoms with Crippen LogP contribution in [0.5, 0.6) is 0 Å². The molecule has 1 heterocycles. The monoisotopic (exact) mass is 326 g/mol. The Hall–Kier alpha value is -2.34. The third-order valence-electron chi connectivity index (χ3n) is 5.47. The molecule has 24 heavy (non-hydrogen) atoms. The Morgan fingerprint density at radius 1 is 1.21 bits per heavy atom. The fraction of sp³-hybridized carbons (Fsp3) is 0.667. The van der Waals surface area contributed by atoms with E-state index in [2.05, 4.69) is 6.07 Å². The van der Waals surface area contributed by atoms with E-state index in [1.165, 1.54) is 10.0 Å².